The number of aliphatic hydroxyl groups is 1. The molecular formula is C13H19NO2. The summed E-state index contributed by atoms with van der Waals surface area (Å²) in [5.41, 5.74) is 8.04. The van der Waals surface area contributed by atoms with Crippen LogP contribution in [0.3, 0.4) is 0 Å². The summed E-state index contributed by atoms with van der Waals surface area (Å²) in [6.07, 6.45) is 2.80. The van der Waals surface area contributed by atoms with Crippen LogP contribution in [0.25, 0.3) is 0 Å². The van der Waals surface area contributed by atoms with Crippen LogP contribution in [0.2, 0.25) is 0 Å². The van der Waals surface area contributed by atoms with Gasteiger partial charge in [-0.2, -0.15) is 0 Å². The van der Waals surface area contributed by atoms with E-state index in [9.17, 15) is 10.2 Å². The Morgan fingerprint density at radius 2 is 2.19 bits per heavy atom. The molecular weight excluding hydrogens is 202 g/mol. The molecule has 4 N–H and O–H groups in total. The predicted molar refractivity (Wildman–Crippen MR) is 63.3 cm³/mol. The van der Waals surface area contributed by atoms with Crippen LogP contribution in [0.1, 0.15) is 24.5 Å². The normalized spacial score (nSPS) is 23.6. The molecule has 0 bridgehead atoms. The first-order valence-corrected chi connectivity index (χ1v) is 5.73. The molecule has 0 fully saturated rings. The Balaban J connectivity index is 2.21. The monoisotopic (exact) mass is 221 g/mol. The van der Waals surface area contributed by atoms with Gasteiger partial charge in [-0.3, -0.25) is 0 Å². The lowest BCUT2D eigenvalue weighted by Crippen LogP contribution is -2.49. The van der Waals surface area contributed by atoms with Crippen molar-refractivity contribution in [1.82, 2.24) is 0 Å². The summed E-state index contributed by atoms with van der Waals surface area (Å²) >= 11 is 0. The fourth-order valence-electron chi connectivity index (χ4n) is 2.43. The average molecular weight is 221 g/mol. The molecule has 0 aromatic heterocycles. The Kier molecular flexibility index (Phi) is 2.91. The van der Waals surface area contributed by atoms with Crippen molar-refractivity contribution in [3.05, 3.63) is 29.3 Å². The molecule has 0 heterocycles. The van der Waals surface area contributed by atoms with Gasteiger partial charge in [0.15, 0.2) is 0 Å². The average Bonchev–Trinajstić information content (AvgIpc) is 2.28. The zero-order valence-corrected chi connectivity index (χ0v) is 9.61. The van der Waals surface area contributed by atoms with Crippen molar-refractivity contribution >= 4 is 0 Å². The van der Waals surface area contributed by atoms with Crippen molar-refractivity contribution in [3.63, 3.8) is 0 Å². The van der Waals surface area contributed by atoms with E-state index in [1.165, 1.54) is 11.1 Å². The lowest BCUT2D eigenvalue weighted by Gasteiger charge is -2.36. The molecule has 0 aliphatic heterocycles. The molecule has 1 aromatic rings. The number of fused-ring (bicyclic) bond motifs is 1. The number of aliphatic hydroxyl groups excluding tert-OH is 1. The molecule has 1 aliphatic rings. The lowest BCUT2D eigenvalue weighted by molar-refractivity contribution is 0.144. The Bertz CT molecular complexity index is 388. The molecule has 2 unspecified atom stereocenters. The minimum atomic E-state index is -0.504. The number of rotatable bonds is 2. The predicted octanol–water partition coefficient (Wildman–Crippen LogP) is 1.21. The molecule has 0 saturated heterocycles. The standard InChI is InChI=1S/C13H19NO2/c1-13(14,8-15)11-4-2-10-7-12(16)5-3-9(10)6-11/h3,5,7,11,15-16H,2,4,6,8,14H2,1H3. The van der Waals surface area contributed by atoms with Crippen LogP contribution >= 0.6 is 0 Å². The number of hydrogen-bond donors (Lipinski definition) is 3. The second-order valence-electron chi connectivity index (χ2n) is 5.06. The van der Waals surface area contributed by atoms with E-state index in [0.717, 1.165) is 19.3 Å². The third-order valence-corrected chi connectivity index (χ3v) is 3.69. The third kappa shape index (κ3) is 2.06. The van der Waals surface area contributed by atoms with Crippen molar-refractivity contribution in [2.24, 2.45) is 11.7 Å². The molecule has 1 aliphatic carbocycles. The van der Waals surface area contributed by atoms with Gasteiger partial charge in [0.1, 0.15) is 5.75 Å². The number of phenols is 1. The van der Waals surface area contributed by atoms with E-state index in [1.54, 1.807) is 6.07 Å². The van der Waals surface area contributed by atoms with Crippen LogP contribution in [-0.4, -0.2) is 22.4 Å². The van der Waals surface area contributed by atoms with Crippen molar-refractivity contribution in [2.45, 2.75) is 31.7 Å². The topological polar surface area (TPSA) is 66.5 Å². The Labute approximate surface area is 95.9 Å². The van der Waals surface area contributed by atoms with Gasteiger partial charge >= 0.3 is 0 Å². The van der Waals surface area contributed by atoms with E-state index in [0.29, 0.717) is 11.7 Å². The molecule has 16 heavy (non-hydrogen) atoms. The van der Waals surface area contributed by atoms with E-state index < -0.39 is 5.54 Å². The zero-order valence-electron chi connectivity index (χ0n) is 9.61. The van der Waals surface area contributed by atoms with Gasteiger partial charge in [0.2, 0.25) is 0 Å². The van der Waals surface area contributed by atoms with Gasteiger partial charge in [0.25, 0.3) is 0 Å². The van der Waals surface area contributed by atoms with Crippen LogP contribution in [0, 0.1) is 5.92 Å². The first-order chi connectivity index (χ1) is 7.53. The molecule has 0 amide bonds. The van der Waals surface area contributed by atoms with E-state index >= 15 is 0 Å². The summed E-state index contributed by atoms with van der Waals surface area (Å²) in [7, 11) is 0. The number of phenolic OH excluding ortho intramolecular Hbond substituents is 1. The van der Waals surface area contributed by atoms with Crippen molar-refractivity contribution in [1.29, 1.82) is 0 Å². The van der Waals surface area contributed by atoms with Gasteiger partial charge in [0.05, 0.1) is 6.61 Å². The van der Waals surface area contributed by atoms with Gasteiger partial charge in [0, 0.05) is 5.54 Å². The second-order valence-corrected chi connectivity index (χ2v) is 5.06. The molecule has 2 rings (SSSR count). The van der Waals surface area contributed by atoms with Gasteiger partial charge in [-0.05, 0) is 55.4 Å². The van der Waals surface area contributed by atoms with Gasteiger partial charge in [-0.15, -0.1) is 0 Å². The molecule has 3 heteroatoms. The van der Waals surface area contributed by atoms with Crippen LogP contribution in [0.4, 0.5) is 0 Å². The second kappa shape index (κ2) is 4.07. The largest absolute Gasteiger partial charge is 0.508 e. The van der Waals surface area contributed by atoms with Gasteiger partial charge in [-0.1, -0.05) is 6.07 Å². The highest BCUT2D eigenvalue weighted by Crippen LogP contribution is 2.32. The quantitative estimate of drug-likeness (QED) is 0.703. The third-order valence-electron chi connectivity index (χ3n) is 3.69. The first-order valence-electron chi connectivity index (χ1n) is 5.73. The summed E-state index contributed by atoms with van der Waals surface area (Å²) in [6.45, 7) is 1.92. The molecule has 3 nitrogen and oxygen atoms in total. The summed E-state index contributed by atoms with van der Waals surface area (Å²) in [5, 5.41) is 18.7. The van der Waals surface area contributed by atoms with E-state index in [2.05, 4.69) is 0 Å². The maximum atomic E-state index is 9.40. The minimum absolute atomic E-state index is 0.0189. The highest BCUT2D eigenvalue weighted by molar-refractivity contribution is 5.37. The Morgan fingerprint density at radius 1 is 1.44 bits per heavy atom. The van der Waals surface area contributed by atoms with Crippen molar-refractivity contribution in [2.75, 3.05) is 6.61 Å². The fourth-order valence-corrected chi connectivity index (χ4v) is 2.43. The van der Waals surface area contributed by atoms with E-state index in [-0.39, 0.29) is 6.61 Å². The minimum Gasteiger partial charge on any atom is -0.508 e. The molecule has 2 atom stereocenters. The molecule has 88 valence electrons. The summed E-state index contributed by atoms with van der Waals surface area (Å²) in [4.78, 5) is 0. The first kappa shape index (κ1) is 11.4. The number of nitrogens with two attached hydrogens (primary N) is 1. The van der Waals surface area contributed by atoms with Crippen LogP contribution < -0.4 is 5.73 Å². The van der Waals surface area contributed by atoms with E-state index in [1.807, 2.05) is 19.1 Å². The molecule has 0 spiro atoms. The number of hydrogen-bond acceptors (Lipinski definition) is 3. The number of aromatic hydroxyl groups is 1. The smallest absolute Gasteiger partial charge is 0.115 e. The van der Waals surface area contributed by atoms with Crippen LogP contribution in [0.15, 0.2) is 18.2 Å². The van der Waals surface area contributed by atoms with Crippen molar-refractivity contribution in [3.8, 4) is 5.75 Å². The summed E-state index contributed by atoms with van der Waals surface area (Å²) in [5.74, 6) is 0.643. The molecule has 0 saturated carbocycles. The maximum Gasteiger partial charge on any atom is 0.115 e. The highest BCUT2D eigenvalue weighted by atomic mass is 16.3. The fraction of sp³-hybridized carbons (Fsp3) is 0.538. The van der Waals surface area contributed by atoms with Crippen molar-refractivity contribution < 1.29 is 10.2 Å². The Morgan fingerprint density at radius 3 is 2.88 bits per heavy atom. The zero-order chi connectivity index (χ0) is 11.8. The van der Waals surface area contributed by atoms with Crippen LogP contribution in [0.5, 0.6) is 5.75 Å². The summed E-state index contributed by atoms with van der Waals surface area (Å²) in [6, 6.07) is 5.51. The molecule has 1 aromatic carbocycles. The van der Waals surface area contributed by atoms with Gasteiger partial charge < -0.3 is 15.9 Å². The number of benzene rings is 1. The van der Waals surface area contributed by atoms with Gasteiger partial charge in [-0.25, -0.2) is 0 Å². The Hall–Kier alpha value is -1.06. The SMILES string of the molecule is CC(N)(CO)C1CCc2cc(O)ccc2C1. The highest BCUT2D eigenvalue weighted by Gasteiger charge is 2.32. The van der Waals surface area contributed by atoms with Crippen LogP contribution in [-0.2, 0) is 12.8 Å². The number of aryl methyl sites for hydroxylation is 1. The molecule has 0 radical (unpaired) electrons. The lowest BCUT2D eigenvalue weighted by atomic mass is 9.74. The summed E-state index contributed by atoms with van der Waals surface area (Å²) < 4.78 is 0. The van der Waals surface area contributed by atoms with E-state index in [4.69, 9.17) is 5.73 Å². The maximum absolute atomic E-state index is 9.40.